The van der Waals surface area contributed by atoms with Crippen molar-refractivity contribution in [2.75, 3.05) is 0 Å². The molecule has 0 radical (unpaired) electrons. The van der Waals surface area contributed by atoms with Gasteiger partial charge in [0.1, 0.15) is 0 Å². The van der Waals surface area contributed by atoms with Gasteiger partial charge in [0, 0.05) is 24.3 Å². The van der Waals surface area contributed by atoms with Crippen LogP contribution in [0.5, 0.6) is 0 Å². The van der Waals surface area contributed by atoms with Gasteiger partial charge in [0.25, 0.3) is 0 Å². The van der Waals surface area contributed by atoms with E-state index in [9.17, 15) is 4.79 Å². The van der Waals surface area contributed by atoms with Crippen LogP contribution >= 0.6 is 0 Å². The summed E-state index contributed by atoms with van der Waals surface area (Å²) in [6.45, 7) is 2.68. The largest absolute Gasteiger partial charge is 0.481 e. The van der Waals surface area contributed by atoms with Crippen LogP contribution in [0.15, 0.2) is 30.5 Å². The Hall–Kier alpha value is -1.81. The van der Waals surface area contributed by atoms with Crippen molar-refractivity contribution in [1.82, 2.24) is 10.3 Å². The molecule has 0 unspecified atom stereocenters. The van der Waals surface area contributed by atoms with Crippen molar-refractivity contribution in [2.45, 2.75) is 32.4 Å². The van der Waals surface area contributed by atoms with Crippen molar-refractivity contribution >= 4 is 16.9 Å². The molecule has 1 aromatic carbocycles. The molecule has 3 N–H and O–H groups in total. The molecule has 4 heteroatoms. The van der Waals surface area contributed by atoms with Crippen LogP contribution < -0.4 is 5.32 Å². The minimum atomic E-state index is -0.757. The first-order valence-corrected chi connectivity index (χ1v) is 6.21. The van der Waals surface area contributed by atoms with Crippen molar-refractivity contribution in [2.24, 2.45) is 0 Å². The van der Waals surface area contributed by atoms with E-state index in [1.807, 2.05) is 25.3 Å². The van der Waals surface area contributed by atoms with Gasteiger partial charge in [-0.1, -0.05) is 25.1 Å². The Labute approximate surface area is 106 Å². The van der Waals surface area contributed by atoms with E-state index in [0.717, 1.165) is 11.9 Å². The fourth-order valence-corrected chi connectivity index (χ4v) is 2.12. The third kappa shape index (κ3) is 2.90. The first-order valence-electron chi connectivity index (χ1n) is 6.21. The van der Waals surface area contributed by atoms with Crippen LogP contribution in [-0.4, -0.2) is 22.1 Å². The maximum absolute atomic E-state index is 10.7. The van der Waals surface area contributed by atoms with E-state index < -0.39 is 5.97 Å². The summed E-state index contributed by atoms with van der Waals surface area (Å²) in [5, 5.41) is 13.3. The van der Waals surface area contributed by atoms with Crippen molar-refractivity contribution in [1.29, 1.82) is 0 Å². The number of aromatic amines is 1. The Balaban J connectivity index is 2.05. The second kappa shape index (κ2) is 5.69. The number of hydrogen-bond donors (Lipinski definition) is 3. The molecule has 1 heterocycles. The van der Waals surface area contributed by atoms with Gasteiger partial charge in [0.2, 0.25) is 0 Å². The summed E-state index contributed by atoms with van der Waals surface area (Å²) >= 11 is 0. The van der Waals surface area contributed by atoms with Gasteiger partial charge in [0.15, 0.2) is 0 Å². The molecule has 0 amide bonds. The third-order valence-electron chi connectivity index (χ3n) is 3.17. The zero-order valence-electron chi connectivity index (χ0n) is 10.4. The molecule has 0 aliphatic rings. The van der Waals surface area contributed by atoms with Crippen molar-refractivity contribution in [3.8, 4) is 0 Å². The monoisotopic (exact) mass is 246 g/mol. The molecule has 0 saturated carbocycles. The number of carboxylic acids is 1. The molecule has 0 fully saturated rings. The molecule has 4 nitrogen and oxygen atoms in total. The highest BCUT2D eigenvalue weighted by molar-refractivity contribution is 5.82. The lowest BCUT2D eigenvalue weighted by molar-refractivity contribution is -0.137. The lowest BCUT2D eigenvalue weighted by atomic mass is 10.1. The summed E-state index contributed by atoms with van der Waals surface area (Å²) in [7, 11) is 0. The summed E-state index contributed by atoms with van der Waals surface area (Å²) in [5.41, 5.74) is 2.29. The van der Waals surface area contributed by atoms with Gasteiger partial charge in [-0.25, -0.2) is 0 Å². The number of benzene rings is 1. The molecule has 0 saturated heterocycles. The highest BCUT2D eigenvalue weighted by Crippen LogP contribution is 2.17. The average Bonchev–Trinajstić information content (AvgIpc) is 2.82. The standard InChI is InChI=1S/C14H18N2O2/c1-2-12(8-13(17)18)16-9-11-5-3-4-10-6-7-15-14(10)11/h3-7,12,15-16H,2,8-9H2,1H3,(H,17,18)/t12-/m1/s1. The number of rotatable bonds is 6. The van der Waals surface area contributed by atoms with Crippen molar-refractivity contribution in [3.05, 3.63) is 36.0 Å². The maximum atomic E-state index is 10.7. The van der Waals surface area contributed by atoms with Gasteiger partial charge < -0.3 is 15.4 Å². The number of aliphatic carboxylic acids is 1. The van der Waals surface area contributed by atoms with E-state index >= 15 is 0 Å². The van der Waals surface area contributed by atoms with Gasteiger partial charge in [-0.15, -0.1) is 0 Å². The zero-order valence-corrected chi connectivity index (χ0v) is 10.4. The summed E-state index contributed by atoms with van der Waals surface area (Å²) in [4.78, 5) is 13.9. The topological polar surface area (TPSA) is 65.1 Å². The van der Waals surface area contributed by atoms with Crippen LogP contribution in [0.2, 0.25) is 0 Å². The molecular formula is C14H18N2O2. The van der Waals surface area contributed by atoms with E-state index in [2.05, 4.69) is 22.4 Å². The van der Waals surface area contributed by atoms with Crippen LogP contribution in [0.4, 0.5) is 0 Å². The van der Waals surface area contributed by atoms with E-state index in [0.29, 0.717) is 6.54 Å². The molecule has 0 aliphatic carbocycles. The number of H-pyrrole nitrogens is 1. The van der Waals surface area contributed by atoms with Gasteiger partial charge in [0.05, 0.1) is 6.42 Å². The SMILES string of the molecule is CC[C@H](CC(=O)O)NCc1cccc2cc[nH]c12. The van der Waals surface area contributed by atoms with E-state index in [1.165, 1.54) is 10.9 Å². The third-order valence-corrected chi connectivity index (χ3v) is 3.17. The van der Waals surface area contributed by atoms with Gasteiger partial charge in [-0.2, -0.15) is 0 Å². The lowest BCUT2D eigenvalue weighted by Gasteiger charge is -2.15. The minimum Gasteiger partial charge on any atom is -0.481 e. The van der Waals surface area contributed by atoms with Crippen molar-refractivity contribution < 1.29 is 9.90 Å². The Bertz CT molecular complexity index is 533. The molecule has 1 atom stereocenters. The smallest absolute Gasteiger partial charge is 0.304 e. The van der Waals surface area contributed by atoms with Gasteiger partial charge in [-0.3, -0.25) is 4.79 Å². The van der Waals surface area contributed by atoms with E-state index in [1.54, 1.807) is 0 Å². The summed E-state index contributed by atoms with van der Waals surface area (Å²) in [6, 6.07) is 8.19. The highest BCUT2D eigenvalue weighted by Gasteiger charge is 2.11. The number of nitrogens with one attached hydrogen (secondary N) is 2. The highest BCUT2D eigenvalue weighted by atomic mass is 16.4. The molecule has 2 aromatic rings. The number of carbonyl (C=O) groups is 1. The van der Waals surface area contributed by atoms with Gasteiger partial charge in [-0.05, 0) is 23.4 Å². The van der Waals surface area contributed by atoms with Crippen molar-refractivity contribution in [3.63, 3.8) is 0 Å². The molecule has 96 valence electrons. The van der Waals surface area contributed by atoms with E-state index in [4.69, 9.17) is 5.11 Å². The number of hydrogen-bond acceptors (Lipinski definition) is 2. The van der Waals surface area contributed by atoms with E-state index in [-0.39, 0.29) is 12.5 Å². The first kappa shape index (κ1) is 12.6. The summed E-state index contributed by atoms with van der Waals surface area (Å²) in [6.07, 6.45) is 2.90. The molecule has 2 rings (SSSR count). The summed E-state index contributed by atoms with van der Waals surface area (Å²) < 4.78 is 0. The summed E-state index contributed by atoms with van der Waals surface area (Å²) in [5.74, 6) is -0.757. The minimum absolute atomic E-state index is 0.0210. The molecule has 1 aromatic heterocycles. The number of fused-ring (bicyclic) bond motifs is 1. The van der Waals surface area contributed by atoms with Crippen LogP contribution in [0.25, 0.3) is 10.9 Å². The second-order valence-corrected chi connectivity index (χ2v) is 4.44. The zero-order chi connectivity index (χ0) is 13.0. The fourth-order valence-electron chi connectivity index (χ4n) is 2.12. The molecule has 18 heavy (non-hydrogen) atoms. The molecule has 0 aliphatic heterocycles. The van der Waals surface area contributed by atoms with Crippen LogP contribution in [0.1, 0.15) is 25.3 Å². The predicted octanol–water partition coefficient (Wildman–Crippen LogP) is 2.51. The lowest BCUT2D eigenvalue weighted by Crippen LogP contribution is -2.30. The van der Waals surface area contributed by atoms with Crippen LogP contribution in [-0.2, 0) is 11.3 Å². The number of para-hydroxylation sites is 1. The maximum Gasteiger partial charge on any atom is 0.304 e. The first-order chi connectivity index (χ1) is 8.70. The normalized spacial score (nSPS) is 12.7. The van der Waals surface area contributed by atoms with Crippen LogP contribution in [0.3, 0.4) is 0 Å². The Morgan fingerprint density at radius 1 is 1.44 bits per heavy atom. The Morgan fingerprint density at radius 3 is 3.00 bits per heavy atom. The second-order valence-electron chi connectivity index (χ2n) is 4.44. The number of aromatic nitrogens is 1. The number of carboxylic acid groups (broad SMARTS) is 1. The van der Waals surface area contributed by atoms with Gasteiger partial charge >= 0.3 is 5.97 Å². The molecule has 0 spiro atoms. The molecular weight excluding hydrogens is 228 g/mol. The predicted molar refractivity (Wildman–Crippen MR) is 71.5 cm³/mol. The fraction of sp³-hybridized carbons (Fsp3) is 0.357. The average molecular weight is 246 g/mol. The Kier molecular flexibility index (Phi) is 3.99. The molecule has 0 bridgehead atoms. The van der Waals surface area contributed by atoms with Crippen LogP contribution in [0, 0.1) is 0 Å². The Morgan fingerprint density at radius 2 is 2.28 bits per heavy atom. The quantitative estimate of drug-likeness (QED) is 0.733.